The SMILES string of the molecule is COc1ccc(-n2cc(C(C)NC(=O)CN(C)C3CCNCC3)cn2)cc1.Cl.Cl. The minimum Gasteiger partial charge on any atom is -0.497 e. The number of halogens is 2. The number of amides is 1. The van der Waals surface area contributed by atoms with Gasteiger partial charge in [0.25, 0.3) is 0 Å². The average Bonchev–Trinajstić information content (AvgIpc) is 3.19. The normalized spacial score (nSPS) is 15.2. The van der Waals surface area contributed by atoms with E-state index in [1.165, 1.54) is 0 Å². The van der Waals surface area contributed by atoms with E-state index >= 15 is 0 Å². The maximum Gasteiger partial charge on any atom is 0.234 e. The van der Waals surface area contributed by atoms with Gasteiger partial charge >= 0.3 is 0 Å². The molecule has 1 aliphatic rings. The van der Waals surface area contributed by atoms with Gasteiger partial charge in [-0.2, -0.15) is 5.10 Å². The highest BCUT2D eigenvalue weighted by atomic mass is 35.5. The summed E-state index contributed by atoms with van der Waals surface area (Å²) in [5, 5.41) is 10.8. The van der Waals surface area contributed by atoms with Crippen molar-refractivity contribution in [2.24, 2.45) is 0 Å². The predicted molar refractivity (Wildman–Crippen MR) is 120 cm³/mol. The van der Waals surface area contributed by atoms with Crippen LogP contribution in [0.4, 0.5) is 0 Å². The van der Waals surface area contributed by atoms with Crippen molar-refractivity contribution in [3.63, 3.8) is 0 Å². The predicted octanol–water partition coefficient (Wildman–Crippen LogP) is 2.59. The van der Waals surface area contributed by atoms with Gasteiger partial charge in [0.15, 0.2) is 0 Å². The number of nitrogens with zero attached hydrogens (tertiary/aromatic N) is 3. The Balaban J connectivity index is 0.00000210. The Kier molecular flexibility index (Phi) is 10.5. The smallest absolute Gasteiger partial charge is 0.234 e. The number of carbonyl (C=O) groups excluding carboxylic acids is 1. The molecular formula is C20H31Cl2N5O2. The number of nitrogens with one attached hydrogen (secondary N) is 2. The number of hydrogen-bond donors (Lipinski definition) is 2. The lowest BCUT2D eigenvalue weighted by molar-refractivity contribution is -0.123. The Morgan fingerprint density at radius 3 is 2.59 bits per heavy atom. The zero-order valence-electron chi connectivity index (χ0n) is 17.1. The van der Waals surface area contributed by atoms with Crippen LogP contribution < -0.4 is 15.4 Å². The van der Waals surface area contributed by atoms with Crippen LogP contribution in [0.25, 0.3) is 5.69 Å². The number of carbonyl (C=O) groups is 1. The first-order chi connectivity index (χ1) is 13.1. The lowest BCUT2D eigenvalue weighted by Gasteiger charge is -2.31. The summed E-state index contributed by atoms with van der Waals surface area (Å²) in [6.07, 6.45) is 5.93. The van der Waals surface area contributed by atoms with Gasteiger partial charge < -0.3 is 15.4 Å². The molecular weight excluding hydrogens is 413 g/mol. The van der Waals surface area contributed by atoms with Crippen molar-refractivity contribution < 1.29 is 9.53 Å². The molecule has 0 radical (unpaired) electrons. The van der Waals surface area contributed by atoms with E-state index in [2.05, 4.69) is 20.6 Å². The maximum atomic E-state index is 12.4. The number of ether oxygens (including phenoxy) is 1. The van der Waals surface area contributed by atoms with Crippen molar-refractivity contribution in [1.29, 1.82) is 0 Å². The molecule has 7 nitrogen and oxygen atoms in total. The van der Waals surface area contributed by atoms with Crippen LogP contribution in [-0.4, -0.2) is 60.4 Å². The summed E-state index contributed by atoms with van der Waals surface area (Å²) < 4.78 is 6.99. The molecule has 9 heteroatoms. The minimum absolute atomic E-state index is 0. The molecule has 2 heterocycles. The van der Waals surface area contributed by atoms with Gasteiger partial charge in [-0.05, 0) is 64.2 Å². The molecule has 0 spiro atoms. The van der Waals surface area contributed by atoms with Crippen LogP contribution in [0.15, 0.2) is 36.7 Å². The van der Waals surface area contributed by atoms with E-state index in [1.807, 2.05) is 44.4 Å². The van der Waals surface area contributed by atoms with Crippen molar-refractivity contribution >= 4 is 30.7 Å². The summed E-state index contributed by atoms with van der Waals surface area (Å²) in [5.74, 6) is 0.852. The third-order valence-electron chi connectivity index (χ3n) is 5.14. The number of rotatable bonds is 7. The summed E-state index contributed by atoms with van der Waals surface area (Å²) in [5.41, 5.74) is 1.93. The lowest BCUT2D eigenvalue weighted by Crippen LogP contribution is -2.45. The van der Waals surface area contributed by atoms with Gasteiger partial charge in [-0.25, -0.2) is 4.68 Å². The third kappa shape index (κ3) is 6.89. The molecule has 0 aliphatic carbocycles. The summed E-state index contributed by atoms with van der Waals surface area (Å²) in [7, 11) is 3.68. The van der Waals surface area contributed by atoms with Gasteiger partial charge in [0.2, 0.25) is 5.91 Å². The van der Waals surface area contributed by atoms with E-state index in [1.54, 1.807) is 18.0 Å². The Bertz CT molecular complexity index is 748. The quantitative estimate of drug-likeness (QED) is 0.687. The molecule has 2 aromatic rings. The Hall–Kier alpha value is -1.80. The second-order valence-corrected chi connectivity index (χ2v) is 7.10. The zero-order chi connectivity index (χ0) is 19.2. The maximum absolute atomic E-state index is 12.4. The van der Waals surface area contributed by atoms with Crippen molar-refractivity contribution in [1.82, 2.24) is 25.3 Å². The van der Waals surface area contributed by atoms with Crippen LogP contribution in [0, 0.1) is 0 Å². The molecule has 1 unspecified atom stereocenters. The molecule has 1 amide bonds. The number of benzene rings is 1. The summed E-state index contributed by atoms with van der Waals surface area (Å²) in [6.45, 7) is 4.45. The molecule has 2 N–H and O–H groups in total. The van der Waals surface area contributed by atoms with E-state index in [0.29, 0.717) is 12.6 Å². The van der Waals surface area contributed by atoms with Crippen LogP contribution >= 0.6 is 24.8 Å². The van der Waals surface area contributed by atoms with Crippen molar-refractivity contribution in [2.75, 3.05) is 33.8 Å². The fraction of sp³-hybridized carbons (Fsp3) is 0.500. The van der Waals surface area contributed by atoms with E-state index in [-0.39, 0.29) is 36.8 Å². The van der Waals surface area contributed by atoms with Gasteiger partial charge in [-0.1, -0.05) is 0 Å². The summed E-state index contributed by atoms with van der Waals surface area (Å²) in [6, 6.07) is 8.09. The Morgan fingerprint density at radius 2 is 1.97 bits per heavy atom. The number of hydrogen-bond acceptors (Lipinski definition) is 5. The molecule has 1 aliphatic heterocycles. The first kappa shape index (κ1) is 25.2. The summed E-state index contributed by atoms with van der Waals surface area (Å²) in [4.78, 5) is 14.6. The first-order valence-corrected chi connectivity index (χ1v) is 9.46. The highest BCUT2D eigenvalue weighted by Gasteiger charge is 2.20. The molecule has 3 rings (SSSR count). The number of likely N-dealkylation sites (N-methyl/N-ethyl adjacent to an activating group) is 1. The van der Waals surface area contributed by atoms with Crippen LogP contribution in [0.3, 0.4) is 0 Å². The fourth-order valence-corrected chi connectivity index (χ4v) is 3.41. The van der Waals surface area contributed by atoms with Crippen molar-refractivity contribution in [3.05, 3.63) is 42.2 Å². The molecule has 1 saturated heterocycles. The second-order valence-electron chi connectivity index (χ2n) is 7.10. The molecule has 0 bridgehead atoms. The van der Waals surface area contributed by atoms with E-state index in [9.17, 15) is 4.79 Å². The van der Waals surface area contributed by atoms with Gasteiger partial charge in [0, 0.05) is 17.8 Å². The van der Waals surface area contributed by atoms with Gasteiger partial charge in [-0.3, -0.25) is 9.69 Å². The number of methoxy groups -OCH3 is 1. The second kappa shape index (κ2) is 12.0. The third-order valence-corrected chi connectivity index (χ3v) is 5.14. The molecule has 1 aromatic carbocycles. The fourth-order valence-electron chi connectivity index (χ4n) is 3.41. The standard InChI is InChI=1S/C20H29N5O2.2ClH/c1-15(23-20(26)14-24(2)17-8-10-21-11-9-17)16-12-22-25(13-16)18-4-6-19(27-3)7-5-18;;/h4-7,12-13,15,17,21H,8-11,14H2,1-3H3,(H,23,26);2*1H. The molecule has 1 atom stereocenters. The Morgan fingerprint density at radius 1 is 1.31 bits per heavy atom. The van der Waals surface area contributed by atoms with Gasteiger partial charge in [-0.15, -0.1) is 24.8 Å². The lowest BCUT2D eigenvalue weighted by atomic mass is 10.1. The van der Waals surface area contributed by atoms with E-state index < -0.39 is 0 Å². The molecule has 1 fully saturated rings. The van der Waals surface area contributed by atoms with Crippen molar-refractivity contribution in [3.8, 4) is 11.4 Å². The van der Waals surface area contributed by atoms with Crippen LogP contribution in [-0.2, 0) is 4.79 Å². The highest BCUT2D eigenvalue weighted by Crippen LogP contribution is 2.17. The summed E-state index contributed by atoms with van der Waals surface area (Å²) >= 11 is 0. The van der Waals surface area contributed by atoms with Crippen LogP contribution in [0.2, 0.25) is 0 Å². The zero-order valence-corrected chi connectivity index (χ0v) is 18.8. The van der Waals surface area contributed by atoms with E-state index in [4.69, 9.17) is 4.74 Å². The molecule has 1 aromatic heterocycles. The van der Waals surface area contributed by atoms with E-state index in [0.717, 1.165) is 42.9 Å². The van der Waals surface area contributed by atoms with Crippen LogP contribution in [0.1, 0.15) is 31.4 Å². The number of aromatic nitrogens is 2. The van der Waals surface area contributed by atoms with Gasteiger partial charge in [0.1, 0.15) is 5.75 Å². The molecule has 162 valence electrons. The highest BCUT2D eigenvalue weighted by molar-refractivity contribution is 5.85. The molecule has 29 heavy (non-hydrogen) atoms. The van der Waals surface area contributed by atoms with Crippen LogP contribution in [0.5, 0.6) is 5.75 Å². The first-order valence-electron chi connectivity index (χ1n) is 9.46. The van der Waals surface area contributed by atoms with Crippen molar-refractivity contribution in [2.45, 2.75) is 31.8 Å². The molecule has 0 saturated carbocycles. The average molecular weight is 444 g/mol. The van der Waals surface area contributed by atoms with Gasteiger partial charge in [0.05, 0.1) is 31.6 Å². The minimum atomic E-state index is -0.0917. The number of piperidine rings is 1. The Labute approximate surface area is 185 Å². The monoisotopic (exact) mass is 443 g/mol. The largest absolute Gasteiger partial charge is 0.497 e. The topological polar surface area (TPSA) is 71.4 Å².